The fourth-order valence-electron chi connectivity index (χ4n) is 3.73. The van der Waals surface area contributed by atoms with Crippen molar-refractivity contribution in [3.05, 3.63) is 35.8 Å². The number of aliphatic hydroxyl groups is 1. The molecule has 4 rings (SSSR count). The standard InChI is InChI=1S/C20H23F3N6O/c21-12-9-14(22)17(15(23)10-12)27-20-26-16-11-24-19(25-13-5-2-1-3-6-13)28-18(16)29(20)7-4-8-30/h9-11,13,30H,1-8H2,(H,26,27)(H,24,25,28). The van der Waals surface area contributed by atoms with Crippen molar-refractivity contribution in [3.63, 3.8) is 0 Å². The van der Waals surface area contributed by atoms with E-state index in [4.69, 9.17) is 0 Å². The second-order valence-electron chi connectivity index (χ2n) is 7.42. The molecule has 0 saturated heterocycles. The summed E-state index contributed by atoms with van der Waals surface area (Å²) in [4.78, 5) is 13.2. The summed E-state index contributed by atoms with van der Waals surface area (Å²) in [5, 5.41) is 15.2. The first-order chi connectivity index (χ1) is 14.5. The number of aryl methyl sites for hydroxylation is 1. The first-order valence-electron chi connectivity index (χ1n) is 10.1. The van der Waals surface area contributed by atoms with Gasteiger partial charge < -0.3 is 15.7 Å². The quantitative estimate of drug-likeness (QED) is 0.533. The molecule has 30 heavy (non-hydrogen) atoms. The number of aliphatic hydroxyl groups excluding tert-OH is 1. The normalized spacial score (nSPS) is 14.9. The van der Waals surface area contributed by atoms with Crippen LogP contribution < -0.4 is 10.6 Å². The van der Waals surface area contributed by atoms with Crippen molar-refractivity contribution in [2.75, 3.05) is 17.2 Å². The van der Waals surface area contributed by atoms with Gasteiger partial charge in [0.1, 0.15) is 17.0 Å². The number of nitrogens with one attached hydrogen (secondary N) is 2. The van der Waals surface area contributed by atoms with Crippen LogP contribution in [0.1, 0.15) is 38.5 Å². The number of fused-ring (bicyclic) bond motifs is 1. The zero-order valence-corrected chi connectivity index (χ0v) is 16.3. The van der Waals surface area contributed by atoms with Crippen LogP contribution in [-0.2, 0) is 6.54 Å². The second kappa shape index (κ2) is 8.86. The van der Waals surface area contributed by atoms with Gasteiger partial charge in [0.05, 0.1) is 6.20 Å². The van der Waals surface area contributed by atoms with Crippen molar-refractivity contribution in [2.45, 2.75) is 51.1 Å². The first-order valence-corrected chi connectivity index (χ1v) is 10.1. The van der Waals surface area contributed by atoms with Gasteiger partial charge in [-0.2, -0.15) is 4.98 Å². The van der Waals surface area contributed by atoms with Crippen LogP contribution in [0.3, 0.4) is 0 Å². The van der Waals surface area contributed by atoms with E-state index in [0.717, 1.165) is 25.7 Å². The molecule has 1 saturated carbocycles. The number of halogens is 3. The number of nitrogens with zero attached hydrogens (tertiary/aromatic N) is 4. The van der Waals surface area contributed by atoms with Crippen LogP contribution in [-0.4, -0.2) is 37.3 Å². The van der Waals surface area contributed by atoms with Gasteiger partial charge in [0.2, 0.25) is 11.9 Å². The maximum atomic E-state index is 14.1. The molecule has 0 spiro atoms. The lowest BCUT2D eigenvalue weighted by atomic mass is 9.96. The van der Waals surface area contributed by atoms with E-state index >= 15 is 0 Å². The largest absolute Gasteiger partial charge is 0.396 e. The van der Waals surface area contributed by atoms with Crippen LogP contribution in [0, 0.1) is 17.5 Å². The molecule has 2 heterocycles. The molecule has 0 aliphatic heterocycles. The van der Waals surface area contributed by atoms with Gasteiger partial charge in [0.15, 0.2) is 17.3 Å². The molecular weight excluding hydrogens is 397 g/mol. The average Bonchev–Trinajstić information content (AvgIpc) is 3.06. The highest BCUT2D eigenvalue weighted by Crippen LogP contribution is 2.27. The molecule has 160 valence electrons. The molecule has 1 aliphatic rings. The fourth-order valence-corrected chi connectivity index (χ4v) is 3.73. The summed E-state index contributed by atoms with van der Waals surface area (Å²) >= 11 is 0. The minimum atomic E-state index is -1.07. The summed E-state index contributed by atoms with van der Waals surface area (Å²) < 4.78 is 43.0. The predicted molar refractivity (Wildman–Crippen MR) is 107 cm³/mol. The minimum Gasteiger partial charge on any atom is -0.396 e. The van der Waals surface area contributed by atoms with Crippen LogP contribution >= 0.6 is 0 Å². The van der Waals surface area contributed by atoms with E-state index in [-0.39, 0.29) is 12.6 Å². The Hall–Kier alpha value is -2.88. The van der Waals surface area contributed by atoms with Crippen molar-refractivity contribution < 1.29 is 18.3 Å². The molecule has 0 radical (unpaired) electrons. The Kier molecular flexibility index (Phi) is 6.03. The maximum absolute atomic E-state index is 14.1. The van der Waals surface area contributed by atoms with Gasteiger partial charge in [-0.05, 0) is 19.3 Å². The summed E-state index contributed by atoms with van der Waals surface area (Å²) in [6.07, 6.45) is 7.61. The van der Waals surface area contributed by atoms with Gasteiger partial charge in [0, 0.05) is 31.3 Å². The number of anilines is 3. The average molecular weight is 420 g/mol. The highest BCUT2D eigenvalue weighted by atomic mass is 19.1. The lowest BCUT2D eigenvalue weighted by Crippen LogP contribution is -2.23. The van der Waals surface area contributed by atoms with Crippen LogP contribution in [0.25, 0.3) is 11.2 Å². The molecule has 1 fully saturated rings. The van der Waals surface area contributed by atoms with E-state index in [1.54, 1.807) is 10.8 Å². The highest BCUT2D eigenvalue weighted by Gasteiger charge is 2.19. The molecule has 0 atom stereocenters. The molecule has 1 aromatic carbocycles. The lowest BCUT2D eigenvalue weighted by Gasteiger charge is -2.22. The Labute approximate surface area is 171 Å². The van der Waals surface area contributed by atoms with Gasteiger partial charge in [0.25, 0.3) is 0 Å². The van der Waals surface area contributed by atoms with E-state index in [1.165, 1.54) is 6.42 Å². The van der Waals surface area contributed by atoms with Crippen LogP contribution in [0.5, 0.6) is 0 Å². The zero-order valence-electron chi connectivity index (χ0n) is 16.3. The minimum absolute atomic E-state index is 0.0728. The summed E-state index contributed by atoms with van der Waals surface area (Å²) in [7, 11) is 0. The van der Waals surface area contributed by atoms with E-state index < -0.39 is 23.1 Å². The van der Waals surface area contributed by atoms with Gasteiger partial charge in [-0.15, -0.1) is 0 Å². The zero-order chi connectivity index (χ0) is 21.1. The van der Waals surface area contributed by atoms with E-state index in [1.807, 2.05) is 0 Å². The second-order valence-corrected chi connectivity index (χ2v) is 7.42. The predicted octanol–water partition coefficient (Wildman–Crippen LogP) is 4.11. The molecule has 7 nitrogen and oxygen atoms in total. The van der Waals surface area contributed by atoms with Crippen LogP contribution in [0.2, 0.25) is 0 Å². The number of hydrogen-bond acceptors (Lipinski definition) is 6. The molecule has 10 heteroatoms. The monoisotopic (exact) mass is 420 g/mol. The molecule has 1 aliphatic carbocycles. The van der Waals surface area contributed by atoms with Gasteiger partial charge in [-0.25, -0.2) is 23.1 Å². The van der Waals surface area contributed by atoms with Gasteiger partial charge >= 0.3 is 0 Å². The Balaban J connectivity index is 1.68. The summed E-state index contributed by atoms with van der Waals surface area (Å²) in [6, 6.07) is 1.50. The first kappa shape index (κ1) is 20.4. The SMILES string of the molecule is OCCCn1c(Nc2c(F)cc(F)cc2F)nc2cnc(NC3CCCCC3)nc21. The number of aromatic nitrogens is 4. The summed E-state index contributed by atoms with van der Waals surface area (Å²) in [6.45, 7) is 0.246. The number of hydrogen-bond donors (Lipinski definition) is 3. The Bertz CT molecular complexity index is 1010. The van der Waals surface area contributed by atoms with Gasteiger partial charge in [-0.3, -0.25) is 4.57 Å². The number of imidazole rings is 1. The van der Waals surface area contributed by atoms with Gasteiger partial charge in [-0.1, -0.05) is 19.3 Å². The van der Waals surface area contributed by atoms with Crippen LogP contribution in [0.4, 0.5) is 30.8 Å². The third-order valence-electron chi connectivity index (χ3n) is 5.21. The number of benzene rings is 1. The topological polar surface area (TPSA) is 87.9 Å². The molecule has 3 N–H and O–H groups in total. The molecule has 2 aromatic heterocycles. The Morgan fingerprint density at radius 1 is 1.07 bits per heavy atom. The third-order valence-corrected chi connectivity index (χ3v) is 5.21. The third kappa shape index (κ3) is 4.33. The summed E-state index contributed by atoms with van der Waals surface area (Å²) in [5.74, 6) is -2.55. The van der Waals surface area contributed by atoms with E-state index in [0.29, 0.717) is 48.3 Å². The number of rotatable bonds is 7. The van der Waals surface area contributed by atoms with Crippen molar-refractivity contribution in [1.82, 2.24) is 19.5 Å². The summed E-state index contributed by atoms with van der Waals surface area (Å²) in [5.41, 5.74) is 0.403. The molecule has 0 unspecified atom stereocenters. The smallest absolute Gasteiger partial charge is 0.224 e. The molecule has 0 amide bonds. The van der Waals surface area contributed by atoms with E-state index in [9.17, 15) is 18.3 Å². The maximum Gasteiger partial charge on any atom is 0.224 e. The van der Waals surface area contributed by atoms with Crippen LogP contribution in [0.15, 0.2) is 18.3 Å². The lowest BCUT2D eigenvalue weighted by molar-refractivity contribution is 0.280. The molecular formula is C20H23F3N6O. The Morgan fingerprint density at radius 2 is 1.80 bits per heavy atom. The van der Waals surface area contributed by atoms with E-state index in [2.05, 4.69) is 25.6 Å². The van der Waals surface area contributed by atoms with Crippen molar-refractivity contribution in [2.24, 2.45) is 0 Å². The fraction of sp³-hybridized carbons (Fsp3) is 0.450. The molecule has 3 aromatic rings. The molecule has 0 bridgehead atoms. The van der Waals surface area contributed by atoms with Crippen molar-refractivity contribution >= 4 is 28.7 Å². The van der Waals surface area contributed by atoms with Crippen molar-refractivity contribution in [3.8, 4) is 0 Å². The Morgan fingerprint density at radius 3 is 2.50 bits per heavy atom. The highest BCUT2D eigenvalue weighted by molar-refractivity contribution is 5.76. The van der Waals surface area contributed by atoms with Crippen molar-refractivity contribution in [1.29, 1.82) is 0 Å².